The highest BCUT2D eigenvalue weighted by molar-refractivity contribution is 6.25. The summed E-state index contributed by atoms with van der Waals surface area (Å²) in [5, 5.41) is 13.5. The van der Waals surface area contributed by atoms with E-state index in [-0.39, 0.29) is 12.4 Å². The molecule has 3 heterocycles. The van der Waals surface area contributed by atoms with Crippen LogP contribution in [0.25, 0.3) is 11.4 Å². The second-order valence-electron chi connectivity index (χ2n) is 7.60. The highest BCUT2D eigenvalue weighted by Crippen LogP contribution is 2.36. The number of aryl methyl sites for hydroxylation is 1. The second kappa shape index (κ2) is 8.01. The Morgan fingerprint density at radius 3 is 2.45 bits per heavy atom. The van der Waals surface area contributed by atoms with Gasteiger partial charge in [0.1, 0.15) is 18.0 Å². The van der Waals surface area contributed by atoms with Crippen molar-refractivity contribution >= 4 is 17.5 Å². The van der Waals surface area contributed by atoms with Gasteiger partial charge < -0.3 is 14.0 Å². The van der Waals surface area contributed by atoms with Crippen LogP contribution in [0.4, 0.5) is 5.69 Å². The van der Waals surface area contributed by atoms with Crippen molar-refractivity contribution in [3.63, 3.8) is 0 Å². The molecule has 2 amide bonds. The predicted molar refractivity (Wildman–Crippen MR) is 114 cm³/mol. The van der Waals surface area contributed by atoms with E-state index in [4.69, 9.17) is 14.0 Å². The van der Waals surface area contributed by atoms with Crippen molar-refractivity contribution in [1.29, 1.82) is 0 Å². The van der Waals surface area contributed by atoms with Crippen molar-refractivity contribution in [3.8, 4) is 22.9 Å². The molecule has 11 nitrogen and oxygen atoms in total. The van der Waals surface area contributed by atoms with Gasteiger partial charge in [-0.2, -0.15) is 10.1 Å². The largest absolute Gasteiger partial charge is 0.497 e. The number of nitrogens with zero attached hydrogens (tertiary/aromatic N) is 6. The molecule has 168 valence electrons. The number of rotatable bonds is 6. The Labute approximate surface area is 188 Å². The molecule has 11 heteroatoms. The molecular formula is C22H20N6O5. The maximum atomic E-state index is 13.3. The van der Waals surface area contributed by atoms with Crippen molar-refractivity contribution in [3.05, 3.63) is 53.9 Å². The number of hydrogen-bond donors (Lipinski definition) is 0. The Kier molecular flexibility index (Phi) is 5.00. The molecule has 1 saturated heterocycles. The van der Waals surface area contributed by atoms with Gasteiger partial charge in [-0.3, -0.25) is 14.6 Å². The average molecular weight is 448 g/mol. The summed E-state index contributed by atoms with van der Waals surface area (Å²) in [6, 6.07) is 10.7. The lowest BCUT2D eigenvalue weighted by molar-refractivity contribution is -0.123. The van der Waals surface area contributed by atoms with Crippen molar-refractivity contribution in [1.82, 2.24) is 15.1 Å². The Morgan fingerprint density at radius 1 is 1.03 bits per heavy atom. The molecule has 3 aromatic rings. The van der Waals surface area contributed by atoms with Gasteiger partial charge in [-0.05, 0) is 12.5 Å². The van der Waals surface area contributed by atoms with E-state index in [2.05, 4.69) is 20.5 Å². The van der Waals surface area contributed by atoms with Gasteiger partial charge in [0.05, 0.1) is 19.9 Å². The summed E-state index contributed by atoms with van der Waals surface area (Å²) in [6.07, 6.45) is 0. The van der Waals surface area contributed by atoms with E-state index in [0.717, 1.165) is 16.0 Å². The van der Waals surface area contributed by atoms with E-state index in [0.29, 0.717) is 23.0 Å². The summed E-state index contributed by atoms with van der Waals surface area (Å²) in [7, 11) is 2.99. The predicted octanol–water partition coefficient (Wildman–Crippen LogP) is 2.56. The summed E-state index contributed by atoms with van der Waals surface area (Å²) in [5.74, 6) is 0.677. The molecule has 0 spiro atoms. The topological polar surface area (TPSA) is 123 Å². The zero-order chi connectivity index (χ0) is 23.1. The van der Waals surface area contributed by atoms with Crippen LogP contribution in [-0.4, -0.2) is 53.3 Å². The number of anilines is 1. The number of imide groups is 1. The molecule has 1 aromatic heterocycles. The highest BCUT2D eigenvalue weighted by atomic mass is 16.5. The van der Waals surface area contributed by atoms with Gasteiger partial charge in [0, 0.05) is 23.8 Å². The summed E-state index contributed by atoms with van der Waals surface area (Å²) < 4.78 is 15.9. The van der Waals surface area contributed by atoms with Crippen molar-refractivity contribution in [2.45, 2.75) is 25.6 Å². The number of carbonyl (C=O) groups excluding carboxylic acids is 2. The second-order valence-corrected chi connectivity index (χ2v) is 7.60. The summed E-state index contributed by atoms with van der Waals surface area (Å²) >= 11 is 0. The van der Waals surface area contributed by atoms with Crippen LogP contribution >= 0.6 is 0 Å². The maximum absolute atomic E-state index is 13.3. The minimum Gasteiger partial charge on any atom is -0.497 e. The molecule has 0 N–H and O–H groups in total. The highest BCUT2D eigenvalue weighted by Gasteiger charge is 2.55. The van der Waals surface area contributed by atoms with Gasteiger partial charge in [-0.25, -0.2) is 4.90 Å². The van der Waals surface area contributed by atoms with Crippen LogP contribution in [0.2, 0.25) is 0 Å². The number of amides is 2. The van der Waals surface area contributed by atoms with E-state index in [1.807, 2.05) is 31.2 Å². The third-order valence-electron chi connectivity index (χ3n) is 5.60. The lowest BCUT2D eigenvalue weighted by atomic mass is 10.1. The number of benzene rings is 2. The first-order valence-corrected chi connectivity index (χ1v) is 10.2. The first-order chi connectivity index (χ1) is 16.0. The van der Waals surface area contributed by atoms with Gasteiger partial charge in [0.25, 0.3) is 11.8 Å². The van der Waals surface area contributed by atoms with E-state index < -0.39 is 23.9 Å². The van der Waals surface area contributed by atoms with Crippen LogP contribution in [-0.2, 0) is 16.1 Å². The number of aromatic nitrogens is 2. The fourth-order valence-corrected chi connectivity index (χ4v) is 3.92. The monoisotopic (exact) mass is 448 g/mol. The minimum absolute atomic E-state index is 0.0395. The SMILES string of the molecule is COc1cc(OC)cc(N2C(=O)[C@@H]3[C@@H](N=NN3Cc3nc(-c4ccccc4C)no3)C2=O)c1. The Bertz CT molecular complexity index is 1250. The maximum Gasteiger partial charge on any atom is 0.263 e. The fraction of sp³-hybridized carbons (Fsp3) is 0.273. The van der Waals surface area contributed by atoms with Crippen LogP contribution in [0.1, 0.15) is 11.5 Å². The van der Waals surface area contributed by atoms with Crippen molar-refractivity contribution in [2.75, 3.05) is 19.1 Å². The number of carbonyl (C=O) groups is 2. The smallest absolute Gasteiger partial charge is 0.263 e. The van der Waals surface area contributed by atoms with Crippen LogP contribution in [0.5, 0.6) is 11.5 Å². The van der Waals surface area contributed by atoms with Crippen LogP contribution in [0.15, 0.2) is 57.3 Å². The quantitative estimate of drug-likeness (QED) is 0.527. The zero-order valence-corrected chi connectivity index (χ0v) is 18.1. The minimum atomic E-state index is -0.951. The Hall–Kier alpha value is -4.28. The molecule has 1 fully saturated rings. The average Bonchev–Trinajstić information content (AvgIpc) is 3.52. The van der Waals surface area contributed by atoms with E-state index in [1.165, 1.54) is 19.2 Å². The van der Waals surface area contributed by atoms with Crippen molar-refractivity contribution in [2.24, 2.45) is 10.3 Å². The lowest BCUT2D eigenvalue weighted by Gasteiger charge is -2.20. The van der Waals surface area contributed by atoms with Gasteiger partial charge in [0.2, 0.25) is 11.7 Å². The van der Waals surface area contributed by atoms with Crippen LogP contribution in [0.3, 0.4) is 0 Å². The Morgan fingerprint density at radius 2 is 1.76 bits per heavy atom. The lowest BCUT2D eigenvalue weighted by Crippen LogP contribution is -2.39. The molecule has 2 aliphatic rings. The first-order valence-electron chi connectivity index (χ1n) is 10.2. The zero-order valence-electron chi connectivity index (χ0n) is 18.1. The number of ether oxygens (including phenoxy) is 2. The third kappa shape index (κ3) is 3.47. The molecule has 0 bridgehead atoms. The van der Waals surface area contributed by atoms with Gasteiger partial charge in [-0.15, -0.1) is 0 Å². The number of fused-ring (bicyclic) bond motifs is 1. The van der Waals surface area contributed by atoms with Gasteiger partial charge in [0.15, 0.2) is 12.1 Å². The molecule has 33 heavy (non-hydrogen) atoms. The molecule has 2 aromatic carbocycles. The molecular weight excluding hydrogens is 428 g/mol. The number of hydrogen-bond acceptors (Lipinski definition) is 10. The Balaban J connectivity index is 1.39. The molecule has 0 saturated carbocycles. The molecule has 2 atom stereocenters. The molecule has 2 aliphatic heterocycles. The summed E-state index contributed by atoms with van der Waals surface area (Å²) in [5.41, 5.74) is 2.19. The first kappa shape index (κ1) is 20.6. The van der Waals surface area contributed by atoms with Crippen LogP contribution < -0.4 is 14.4 Å². The van der Waals surface area contributed by atoms with Crippen molar-refractivity contribution < 1.29 is 23.6 Å². The molecule has 0 radical (unpaired) electrons. The molecule has 0 aliphatic carbocycles. The molecule has 5 rings (SSSR count). The van der Waals surface area contributed by atoms with E-state index in [9.17, 15) is 9.59 Å². The summed E-state index contributed by atoms with van der Waals surface area (Å²) in [4.78, 5) is 31.8. The summed E-state index contributed by atoms with van der Waals surface area (Å²) in [6.45, 7) is 1.99. The van der Waals surface area contributed by atoms with Gasteiger partial charge >= 0.3 is 0 Å². The van der Waals surface area contributed by atoms with E-state index >= 15 is 0 Å². The van der Waals surface area contributed by atoms with Crippen LogP contribution in [0, 0.1) is 6.92 Å². The third-order valence-corrected chi connectivity index (χ3v) is 5.60. The number of methoxy groups -OCH3 is 2. The normalized spacial score (nSPS) is 19.4. The van der Waals surface area contributed by atoms with E-state index in [1.54, 1.807) is 18.2 Å². The fourth-order valence-electron chi connectivity index (χ4n) is 3.92. The molecule has 0 unspecified atom stereocenters. The standard InChI is InChI=1S/C22H20N6O5/c1-12-6-4-5-7-16(12)20-23-17(33-25-20)11-27-19-18(24-26-27)21(29)28(22(19)30)13-8-14(31-2)10-15(9-13)32-3/h4-10,18-19H,11H2,1-3H3/t18-,19+/m1/s1. The van der Waals surface area contributed by atoms with Gasteiger partial charge in [-0.1, -0.05) is 34.6 Å².